The Balaban J connectivity index is 0.739. The van der Waals surface area contributed by atoms with Crippen molar-refractivity contribution in [3.63, 3.8) is 0 Å². The molecule has 6 aliphatic rings. The van der Waals surface area contributed by atoms with E-state index in [-0.39, 0.29) is 23.9 Å². The van der Waals surface area contributed by atoms with Crippen LogP contribution in [0.1, 0.15) is 133 Å². The summed E-state index contributed by atoms with van der Waals surface area (Å²) in [5.74, 6) is 2.89. The minimum absolute atomic E-state index is 0.0174. The van der Waals surface area contributed by atoms with Crippen molar-refractivity contribution in [3.05, 3.63) is 77.6 Å². The number of rotatable bonds is 18. The molecule has 6 fully saturated rings. The molecular weight excluding hydrogens is 737 g/mol. The van der Waals surface area contributed by atoms with Crippen molar-refractivity contribution in [2.45, 2.75) is 135 Å². The predicted molar refractivity (Wildman–Crippen MR) is 235 cm³/mol. The van der Waals surface area contributed by atoms with E-state index >= 15 is 0 Å². The molecule has 10 heteroatoms. The van der Waals surface area contributed by atoms with Crippen molar-refractivity contribution < 1.29 is 19.8 Å². The Morgan fingerprint density at radius 2 is 1.22 bits per heavy atom. The standard InChI is InChI=1S/C49H66N6O4/c1-3-32-30-54-25-21-34(32)27-42(54)48(58)39-19-23-50-46-36(13-11-14-37(39)46)29-52-44(56)17-9-7-5-6-8-10-18-45(57)53-41-16-12-15-38-40(20-24-51-47(38)41)49(59)43-28-35-22-26-55(43)31-33(35)4-2/h11-16,19-20,23-24,32-35,42-43,48-49,58-59H,3-10,17-18,21-22,25-31H2,1-2H3,(H,52,56)(H,53,57). The molecule has 4 aromatic rings. The Hall–Kier alpha value is -3.96. The number of fused-ring (bicyclic) bond motifs is 8. The third-order valence-electron chi connectivity index (χ3n) is 14.8. The molecule has 59 heavy (non-hydrogen) atoms. The van der Waals surface area contributed by atoms with Crippen LogP contribution in [0.4, 0.5) is 5.69 Å². The lowest BCUT2D eigenvalue weighted by Crippen LogP contribution is -2.55. The Morgan fingerprint density at radius 3 is 1.78 bits per heavy atom. The number of carbonyl (C=O) groups excluding carboxylic acids is 2. The van der Waals surface area contributed by atoms with Gasteiger partial charge in [0.25, 0.3) is 0 Å². The number of aromatic nitrogens is 2. The maximum absolute atomic E-state index is 13.0. The van der Waals surface area contributed by atoms with Crippen LogP contribution in [0, 0.1) is 23.7 Å². The summed E-state index contributed by atoms with van der Waals surface area (Å²) in [6.45, 7) is 9.27. The van der Waals surface area contributed by atoms with Crippen molar-refractivity contribution in [2.24, 2.45) is 23.7 Å². The Morgan fingerprint density at radius 1 is 0.695 bits per heavy atom. The van der Waals surface area contributed by atoms with Crippen LogP contribution < -0.4 is 10.6 Å². The molecule has 2 amide bonds. The SMILES string of the molecule is CCC1CN2CCC1CC2C(O)c1ccnc2c(CNC(=O)CCCCCCCCC(=O)Nc3cccc4c(C(O)C5CC6CCN5CC6CC)ccnc34)cccc12. The van der Waals surface area contributed by atoms with Gasteiger partial charge in [-0.25, -0.2) is 0 Å². The number of piperidine rings is 6. The number of nitrogens with zero attached hydrogens (tertiary/aromatic N) is 4. The molecule has 316 valence electrons. The summed E-state index contributed by atoms with van der Waals surface area (Å²) in [5, 5.41) is 31.4. The molecule has 8 heterocycles. The van der Waals surface area contributed by atoms with Crippen LogP contribution in [0.2, 0.25) is 0 Å². The van der Waals surface area contributed by atoms with Crippen LogP contribution in [0.15, 0.2) is 60.9 Å². The first-order chi connectivity index (χ1) is 28.8. The molecule has 0 aliphatic carbocycles. The second-order valence-electron chi connectivity index (χ2n) is 18.2. The molecular formula is C49H66N6O4. The summed E-state index contributed by atoms with van der Waals surface area (Å²) in [6, 6.07) is 16.1. The van der Waals surface area contributed by atoms with Crippen molar-refractivity contribution in [3.8, 4) is 0 Å². The molecule has 10 nitrogen and oxygen atoms in total. The molecule has 0 spiro atoms. The number of pyridine rings is 2. The smallest absolute Gasteiger partial charge is 0.224 e. The first-order valence-electron chi connectivity index (χ1n) is 23.0. The summed E-state index contributed by atoms with van der Waals surface area (Å²) < 4.78 is 0. The summed E-state index contributed by atoms with van der Waals surface area (Å²) >= 11 is 0. The lowest BCUT2D eigenvalue weighted by atomic mass is 9.72. The van der Waals surface area contributed by atoms with Crippen LogP contribution in [-0.2, 0) is 16.1 Å². The van der Waals surface area contributed by atoms with E-state index in [0.717, 1.165) is 128 Å². The molecule has 0 saturated carbocycles. The van der Waals surface area contributed by atoms with E-state index in [9.17, 15) is 19.8 Å². The third-order valence-corrected chi connectivity index (χ3v) is 14.8. The van der Waals surface area contributed by atoms with E-state index < -0.39 is 12.2 Å². The van der Waals surface area contributed by atoms with Crippen LogP contribution in [-0.4, -0.2) is 80.1 Å². The van der Waals surface area contributed by atoms with Gasteiger partial charge in [0, 0.05) is 67.7 Å². The summed E-state index contributed by atoms with van der Waals surface area (Å²) in [4.78, 5) is 40.2. The number of nitrogens with one attached hydrogen (secondary N) is 2. The first kappa shape index (κ1) is 41.8. The van der Waals surface area contributed by atoms with Crippen LogP contribution in [0.25, 0.3) is 21.8 Å². The topological polar surface area (TPSA) is 131 Å². The predicted octanol–water partition coefficient (Wildman–Crippen LogP) is 8.47. The number of amides is 2. The van der Waals surface area contributed by atoms with Gasteiger partial charge in [-0.2, -0.15) is 0 Å². The van der Waals surface area contributed by atoms with Gasteiger partial charge in [0.2, 0.25) is 11.8 Å². The van der Waals surface area contributed by atoms with Gasteiger partial charge in [0.15, 0.2) is 0 Å². The van der Waals surface area contributed by atoms with Gasteiger partial charge < -0.3 is 20.8 Å². The first-order valence-corrected chi connectivity index (χ1v) is 23.0. The number of hydrogen-bond donors (Lipinski definition) is 4. The minimum Gasteiger partial charge on any atom is -0.387 e. The van der Waals surface area contributed by atoms with Crippen LogP contribution >= 0.6 is 0 Å². The number of carbonyl (C=O) groups is 2. The van der Waals surface area contributed by atoms with Gasteiger partial charge in [-0.1, -0.05) is 82.7 Å². The van der Waals surface area contributed by atoms with E-state index in [0.29, 0.717) is 36.9 Å². The van der Waals surface area contributed by atoms with Crippen molar-refractivity contribution in [2.75, 3.05) is 31.5 Å². The monoisotopic (exact) mass is 803 g/mol. The second-order valence-corrected chi connectivity index (χ2v) is 18.2. The number of anilines is 1. The molecule has 4 N–H and O–H groups in total. The molecule has 2 aromatic carbocycles. The zero-order chi connectivity index (χ0) is 40.9. The lowest BCUT2D eigenvalue weighted by molar-refractivity contribution is -0.121. The molecule has 6 aliphatic heterocycles. The average molecular weight is 803 g/mol. The number of aliphatic hydroxyl groups excluding tert-OH is 2. The van der Waals surface area contributed by atoms with Crippen molar-refractivity contribution in [1.29, 1.82) is 0 Å². The molecule has 10 atom stereocenters. The van der Waals surface area contributed by atoms with Crippen molar-refractivity contribution >= 4 is 39.3 Å². The van der Waals surface area contributed by atoms with E-state index in [4.69, 9.17) is 4.98 Å². The number of hydrogen-bond acceptors (Lipinski definition) is 8. The van der Waals surface area contributed by atoms with E-state index in [1.54, 1.807) is 12.4 Å². The van der Waals surface area contributed by atoms with E-state index in [1.165, 1.54) is 25.7 Å². The third kappa shape index (κ3) is 9.21. The Bertz CT molecular complexity index is 2080. The van der Waals surface area contributed by atoms with Gasteiger partial charge in [-0.15, -0.1) is 0 Å². The summed E-state index contributed by atoms with van der Waals surface area (Å²) in [7, 11) is 0. The van der Waals surface area contributed by atoms with Gasteiger partial charge in [-0.3, -0.25) is 29.4 Å². The van der Waals surface area contributed by atoms with Gasteiger partial charge in [0.1, 0.15) is 0 Å². The van der Waals surface area contributed by atoms with E-state index in [1.807, 2.05) is 48.5 Å². The van der Waals surface area contributed by atoms with Crippen LogP contribution in [0.5, 0.6) is 0 Å². The fourth-order valence-corrected chi connectivity index (χ4v) is 11.3. The molecule has 2 aromatic heterocycles. The largest absolute Gasteiger partial charge is 0.387 e. The Kier molecular flexibility index (Phi) is 13.6. The maximum atomic E-state index is 13.0. The van der Waals surface area contributed by atoms with Crippen LogP contribution in [0.3, 0.4) is 0 Å². The molecule has 10 rings (SSSR count). The molecule has 0 radical (unpaired) electrons. The molecule has 10 unspecified atom stereocenters. The number of para-hydroxylation sites is 2. The molecule has 6 saturated heterocycles. The van der Waals surface area contributed by atoms with Crippen molar-refractivity contribution in [1.82, 2.24) is 25.1 Å². The highest BCUT2D eigenvalue weighted by molar-refractivity contribution is 6.01. The second kappa shape index (κ2) is 19.2. The lowest BCUT2D eigenvalue weighted by Gasteiger charge is -2.51. The zero-order valence-corrected chi connectivity index (χ0v) is 35.3. The minimum atomic E-state index is -0.585. The Labute approximate surface area is 350 Å². The summed E-state index contributed by atoms with van der Waals surface area (Å²) in [5.41, 5.74) is 5.07. The highest BCUT2D eigenvalue weighted by Crippen LogP contribution is 2.44. The van der Waals surface area contributed by atoms with Gasteiger partial charge >= 0.3 is 0 Å². The normalized spacial score (nSPS) is 27.2. The number of benzene rings is 2. The summed E-state index contributed by atoms with van der Waals surface area (Å²) in [6.07, 6.45) is 15.9. The maximum Gasteiger partial charge on any atom is 0.224 e. The quantitative estimate of drug-likeness (QED) is 0.0738. The fourth-order valence-electron chi connectivity index (χ4n) is 11.3. The zero-order valence-electron chi connectivity index (χ0n) is 35.3. The highest BCUT2D eigenvalue weighted by atomic mass is 16.3. The fraction of sp³-hybridized carbons (Fsp3) is 0.592. The van der Waals surface area contributed by atoms with E-state index in [2.05, 4.69) is 39.3 Å². The number of unbranched alkanes of at least 4 members (excludes halogenated alkanes) is 5. The average Bonchev–Trinajstić information content (AvgIpc) is 3.28. The van der Waals surface area contributed by atoms with Gasteiger partial charge in [-0.05, 0) is 110 Å². The van der Waals surface area contributed by atoms with Gasteiger partial charge in [0.05, 0.1) is 28.9 Å². The highest BCUT2D eigenvalue weighted by Gasteiger charge is 2.44. The number of aliphatic hydroxyl groups is 2. The molecule has 4 bridgehead atoms.